The van der Waals surface area contributed by atoms with E-state index >= 15 is 0 Å². The van der Waals surface area contributed by atoms with E-state index in [2.05, 4.69) is 4.98 Å². The predicted molar refractivity (Wildman–Crippen MR) is 81.1 cm³/mol. The molecule has 1 aromatic heterocycles. The molecule has 0 aliphatic carbocycles. The molecule has 0 fully saturated rings. The number of nitrogens with zero attached hydrogens (tertiary/aromatic N) is 3. The summed E-state index contributed by atoms with van der Waals surface area (Å²) in [4.78, 5) is 4.47. The zero-order valence-corrected chi connectivity index (χ0v) is 12.9. The first kappa shape index (κ1) is 15.4. The monoisotopic (exact) mass is 303 g/mol. The van der Waals surface area contributed by atoms with Crippen molar-refractivity contribution in [2.75, 3.05) is 13.1 Å². The zero-order chi connectivity index (χ0) is 15.5. The molecule has 6 heteroatoms. The highest BCUT2D eigenvalue weighted by Gasteiger charge is 2.25. The van der Waals surface area contributed by atoms with Crippen LogP contribution in [0.1, 0.15) is 18.9 Å². The average Bonchev–Trinajstić information content (AvgIpc) is 2.46. The summed E-state index contributed by atoms with van der Waals surface area (Å²) in [5.74, 6) is 0. The SMILES string of the molecule is CCN(CCC#N)S(=O)(=O)c1cccc2cc(C)cnc12. The minimum absolute atomic E-state index is 0.171. The van der Waals surface area contributed by atoms with Gasteiger partial charge in [-0.25, -0.2) is 8.42 Å². The third-order valence-electron chi connectivity index (χ3n) is 3.25. The van der Waals surface area contributed by atoms with E-state index in [1.165, 1.54) is 4.31 Å². The summed E-state index contributed by atoms with van der Waals surface area (Å²) in [5.41, 5.74) is 1.45. The molecule has 0 saturated carbocycles. The Hall–Kier alpha value is -1.97. The van der Waals surface area contributed by atoms with Gasteiger partial charge in [0, 0.05) is 31.1 Å². The molecule has 0 bridgehead atoms. The van der Waals surface area contributed by atoms with Crippen molar-refractivity contribution >= 4 is 20.9 Å². The first-order valence-corrected chi connectivity index (χ1v) is 8.17. The number of para-hydroxylation sites is 1. The number of rotatable bonds is 5. The van der Waals surface area contributed by atoms with Gasteiger partial charge >= 0.3 is 0 Å². The number of aromatic nitrogens is 1. The van der Waals surface area contributed by atoms with Crippen LogP contribution in [0.2, 0.25) is 0 Å². The van der Waals surface area contributed by atoms with E-state index in [0.29, 0.717) is 12.1 Å². The number of benzene rings is 1. The predicted octanol–water partition coefficient (Wildman–Crippen LogP) is 2.47. The fourth-order valence-electron chi connectivity index (χ4n) is 2.21. The van der Waals surface area contributed by atoms with Crippen molar-refractivity contribution in [1.82, 2.24) is 9.29 Å². The lowest BCUT2D eigenvalue weighted by Crippen LogP contribution is -2.32. The summed E-state index contributed by atoms with van der Waals surface area (Å²) in [6.07, 6.45) is 1.83. The maximum absolute atomic E-state index is 12.7. The Morgan fingerprint density at radius 2 is 2.14 bits per heavy atom. The molecule has 0 saturated heterocycles. The van der Waals surface area contributed by atoms with E-state index < -0.39 is 10.0 Å². The van der Waals surface area contributed by atoms with Crippen LogP contribution in [0, 0.1) is 18.3 Å². The van der Waals surface area contributed by atoms with E-state index in [4.69, 9.17) is 5.26 Å². The van der Waals surface area contributed by atoms with E-state index in [-0.39, 0.29) is 17.9 Å². The molecule has 1 heterocycles. The molecule has 0 aliphatic rings. The third-order valence-corrected chi connectivity index (χ3v) is 5.26. The summed E-state index contributed by atoms with van der Waals surface area (Å²) in [6.45, 7) is 4.19. The van der Waals surface area contributed by atoms with Crippen LogP contribution in [-0.2, 0) is 10.0 Å². The fraction of sp³-hybridized carbons (Fsp3) is 0.333. The lowest BCUT2D eigenvalue weighted by atomic mass is 10.2. The molecule has 0 radical (unpaired) electrons. The molecule has 21 heavy (non-hydrogen) atoms. The average molecular weight is 303 g/mol. The smallest absolute Gasteiger partial charge is 0.245 e. The van der Waals surface area contributed by atoms with Crippen LogP contribution in [0.5, 0.6) is 0 Å². The molecule has 0 aliphatic heterocycles. The molecular weight excluding hydrogens is 286 g/mol. The van der Waals surface area contributed by atoms with Crippen LogP contribution in [0.15, 0.2) is 35.4 Å². The minimum atomic E-state index is -3.64. The van der Waals surface area contributed by atoms with Gasteiger partial charge in [-0.2, -0.15) is 9.57 Å². The van der Waals surface area contributed by atoms with Gasteiger partial charge in [-0.15, -0.1) is 0 Å². The maximum Gasteiger partial charge on any atom is 0.245 e. The van der Waals surface area contributed by atoms with Crippen LogP contribution in [-0.4, -0.2) is 30.8 Å². The van der Waals surface area contributed by atoms with Crippen molar-refractivity contribution in [2.45, 2.75) is 25.2 Å². The molecule has 0 spiro atoms. The Bertz CT molecular complexity index is 794. The fourth-order valence-corrected chi connectivity index (χ4v) is 3.83. The molecule has 0 atom stereocenters. The minimum Gasteiger partial charge on any atom is -0.255 e. The van der Waals surface area contributed by atoms with Crippen molar-refractivity contribution in [1.29, 1.82) is 5.26 Å². The number of fused-ring (bicyclic) bond motifs is 1. The van der Waals surface area contributed by atoms with E-state index in [1.807, 2.05) is 25.1 Å². The summed E-state index contributed by atoms with van der Waals surface area (Å²) in [6, 6.07) is 9.02. The lowest BCUT2D eigenvalue weighted by Gasteiger charge is -2.20. The summed E-state index contributed by atoms with van der Waals surface area (Å²) >= 11 is 0. The highest BCUT2D eigenvalue weighted by molar-refractivity contribution is 7.89. The molecule has 1 aromatic carbocycles. The Morgan fingerprint density at radius 3 is 2.81 bits per heavy atom. The van der Waals surface area contributed by atoms with E-state index in [1.54, 1.807) is 25.3 Å². The highest BCUT2D eigenvalue weighted by Crippen LogP contribution is 2.24. The summed E-state index contributed by atoms with van der Waals surface area (Å²) < 4.78 is 26.8. The number of pyridine rings is 1. The first-order chi connectivity index (χ1) is 10.0. The van der Waals surface area contributed by atoms with Crippen molar-refractivity contribution in [3.05, 3.63) is 36.0 Å². The van der Waals surface area contributed by atoms with Gasteiger partial charge in [-0.1, -0.05) is 19.1 Å². The maximum atomic E-state index is 12.7. The van der Waals surface area contributed by atoms with E-state index in [0.717, 1.165) is 10.9 Å². The largest absolute Gasteiger partial charge is 0.255 e. The Labute approximate surface area is 124 Å². The number of aryl methyl sites for hydroxylation is 1. The molecule has 0 N–H and O–H groups in total. The second-order valence-corrected chi connectivity index (χ2v) is 6.65. The van der Waals surface area contributed by atoms with Crippen LogP contribution >= 0.6 is 0 Å². The summed E-state index contributed by atoms with van der Waals surface area (Å²) in [5, 5.41) is 9.46. The third kappa shape index (κ3) is 3.04. The lowest BCUT2D eigenvalue weighted by molar-refractivity contribution is 0.435. The molecule has 110 valence electrons. The number of sulfonamides is 1. The van der Waals surface area contributed by atoms with Gasteiger partial charge in [0.25, 0.3) is 0 Å². The zero-order valence-electron chi connectivity index (χ0n) is 12.1. The standard InChI is InChI=1S/C15H17N3O2S/c1-3-18(9-5-8-16)21(19,20)14-7-4-6-13-10-12(2)11-17-15(13)14/h4,6-7,10-11H,3,5,9H2,1-2H3. The number of hydrogen-bond acceptors (Lipinski definition) is 4. The highest BCUT2D eigenvalue weighted by atomic mass is 32.2. The Morgan fingerprint density at radius 1 is 1.38 bits per heavy atom. The second-order valence-electron chi connectivity index (χ2n) is 4.75. The summed E-state index contributed by atoms with van der Waals surface area (Å²) in [7, 11) is -3.64. The van der Waals surface area contributed by atoms with Crippen LogP contribution in [0.4, 0.5) is 0 Å². The second kappa shape index (κ2) is 6.20. The normalized spacial score (nSPS) is 11.7. The van der Waals surface area contributed by atoms with Crippen molar-refractivity contribution in [3.8, 4) is 6.07 Å². The first-order valence-electron chi connectivity index (χ1n) is 6.73. The van der Waals surface area contributed by atoms with Crippen molar-refractivity contribution < 1.29 is 8.42 Å². The van der Waals surface area contributed by atoms with Gasteiger partial charge in [-0.3, -0.25) is 4.98 Å². The molecule has 2 rings (SSSR count). The Kier molecular flexibility index (Phi) is 4.56. The molecule has 5 nitrogen and oxygen atoms in total. The number of hydrogen-bond donors (Lipinski definition) is 0. The van der Waals surface area contributed by atoms with E-state index in [9.17, 15) is 8.42 Å². The molecule has 2 aromatic rings. The van der Waals surface area contributed by atoms with Gasteiger partial charge in [-0.05, 0) is 24.6 Å². The van der Waals surface area contributed by atoms with Crippen molar-refractivity contribution in [2.24, 2.45) is 0 Å². The van der Waals surface area contributed by atoms with Crippen molar-refractivity contribution in [3.63, 3.8) is 0 Å². The molecular formula is C15H17N3O2S. The van der Waals surface area contributed by atoms with Gasteiger partial charge in [0.1, 0.15) is 4.90 Å². The topological polar surface area (TPSA) is 74.1 Å². The van der Waals surface area contributed by atoms with Gasteiger partial charge in [0.05, 0.1) is 11.6 Å². The molecule has 0 unspecified atom stereocenters. The quantitative estimate of drug-likeness (QED) is 0.850. The molecule has 0 amide bonds. The van der Waals surface area contributed by atoms with Crippen LogP contribution in [0.25, 0.3) is 10.9 Å². The number of nitriles is 1. The van der Waals surface area contributed by atoms with Gasteiger partial charge < -0.3 is 0 Å². The Balaban J connectivity index is 2.57. The van der Waals surface area contributed by atoms with Gasteiger partial charge in [0.2, 0.25) is 10.0 Å². The van der Waals surface area contributed by atoms with Crippen LogP contribution in [0.3, 0.4) is 0 Å². The van der Waals surface area contributed by atoms with Gasteiger partial charge in [0.15, 0.2) is 0 Å². The van der Waals surface area contributed by atoms with Crippen LogP contribution < -0.4 is 0 Å².